The summed E-state index contributed by atoms with van der Waals surface area (Å²) in [6.07, 6.45) is 5.60. The van der Waals surface area contributed by atoms with Crippen molar-refractivity contribution in [3.8, 4) is 12.3 Å². The summed E-state index contributed by atoms with van der Waals surface area (Å²) in [6.45, 7) is 0.185. The third kappa shape index (κ3) is 4.10. The molecular weight excluding hydrogens is 203 g/mol. The molecule has 1 unspecified atom stereocenters. The fraction of sp³-hybridized carbons (Fsp3) is 0.600. The first-order chi connectivity index (χ1) is 3.31. The lowest BCUT2D eigenvalue weighted by Gasteiger charge is -1.95. The van der Waals surface area contributed by atoms with Crippen molar-refractivity contribution in [1.82, 2.24) is 0 Å². The smallest absolute Gasteiger partial charge is 0.0558 e. The van der Waals surface area contributed by atoms with Crippen LogP contribution in [-0.2, 0) is 0 Å². The van der Waals surface area contributed by atoms with Crippen molar-refractivity contribution < 1.29 is 5.11 Å². The highest BCUT2D eigenvalue weighted by molar-refractivity contribution is 14.1. The summed E-state index contributed by atoms with van der Waals surface area (Å²) in [5.74, 6) is 2.45. The van der Waals surface area contributed by atoms with Crippen molar-refractivity contribution >= 4 is 22.6 Å². The van der Waals surface area contributed by atoms with Crippen LogP contribution >= 0.6 is 22.6 Å². The maximum absolute atomic E-state index is 8.36. The number of rotatable bonds is 2. The second-order valence-corrected chi connectivity index (χ2v) is 2.95. The van der Waals surface area contributed by atoms with Gasteiger partial charge in [0, 0.05) is 10.3 Å². The molecule has 0 aliphatic heterocycles. The molecule has 1 nitrogen and oxygen atoms in total. The van der Waals surface area contributed by atoms with Gasteiger partial charge in [0.2, 0.25) is 0 Å². The van der Waals surface area contributed by atoms with Crippen LogP contribution in [0.25, 0.3) is 0 Å². The molecule has 2 heteroatoms. The van der Waals surface area contributed by atoms with E-state index >= 15 is 0 Å². The molecule has 1 N–H and O–H groups in total. The second kappa shape index (κ2) is 4.41. The lowest BCUT2D eigenvalue weighted by atomic mass is 10.3. The molecule has 0 saturated heterocycles. The third-order valence-electron chi connectivity index (χ3n) is 0.537. The highest BCUT2D eigenvalue weighted by Crippen LogP contribution is 2.01. The highest BCUT2D eigenvalue weighted by Gasteiger charge is 1.95. The van der Waals surface area contributed by atoms with E-state index in [1.54, 1.807) is 0 Å². The van der Waals surface area contributed by atoms with Crippen LogP contribution in [0.3, 0.4) is 0 Å². The Morgan fingerprint density at radius 1 is 1.86 bits per heavy atom. The number of aliphatic hydroxyl groups is 1. The second-order valence-electron chi connectivity index (χ2n) is 1.19. The van der Waals surface area contributed by atoms with Crippen molar-refractivity contribution in [3.63, 3.8) is 0 Å². The van der Waals surface area contributed by atoms with E-state index in [9.17, 15) is 0 Å². The van der Waals surface area contributed by atoms with E-state index < -0.39 is 0 Å². The van der Waals surface area contributed by atoms with Crippen molar-refractivity contribution in [3.05, 3.63) is 0 Å². The molecule has 0 aromatic carbocycles. The number of terminal acetylenes is 1. The van der Waals surface area contributed by atoms with Gasteiger partial charge in [0.1, 0.15) is 0 Å². The van der Waals surface area contributed by atoms with Gasteiger partial charge in [0.15, 0.2) is 0 Å². The van der Waals surface area contributed by atoms with Gasteiger partial charge in [-0.25, -0.2) is 0 Å². The average molecular weight is 210 g/mol. The molecule has 0 amide bonds. The Morgan fingerprint density at radius 2 is 2.43 bits per heavy atom. The Hall–Kier alpha value is 0.250. The third-order valence-corrected chi connectivity index (χ3v) is 1.37. The standard InChI is InChI=1S/C5H7IO/c1-2-3-5(6)4-7/h1,5,7H,3-4H2. The average Bonchev–Trinajstić information content (AvgIpc) is 1.68. The molecule has 0 aliphatic carbocycles. The van der Waals surface area contributed by atoms with Gasteiger partial charge in [-0.1, -0.05) is 22.6 Å². The quantitative estimate of drug-likeness (QED) is 0.406. The minimum Gasteiger partial charge on any atom is -0.395 e. The van der Waals surface area contributed by atoms with E-state index in [1.807, 2.05) is 0 Å². The van der Waals surface area contributed by atoms with Gasteiger partial charge in [0.05, 0.1) is 6.61 Å². The number of halogens is 1. The van der Waals surface area contributed by atoms with Crippen molar-refractivity contribution in [2.75, 3.05) is 6.61 Å². The summed E-state index contributed by atoms with van der Waals surface area (Å²) in [6, 6.07) is 0. The zero-order valence-electron chi connectivity index (χ0n) is 3.89. The van der Waals surface area contributed by atoms with Crippen LogP contribution in [0.15, 0.2) is 0 Å². The summed E-state index contributed by atoms with van der Waals surface area (Å²) in [4.78, 5) is 0. The zero-order valence-corrected chi connectivity index (χ0v) is 6.05. The molecule has 1 atom stereocenters. The maximum atomic E-state index is 8.36. The largest absolute Gasteiger partial charge is 0.395 e. The Labute approximate surface area is 57.3 Å². The number of alkyl halides is 1. The van der Waals surface area contributed by atoms with Gasteiger partial charge in [-0.15, -0.1) is 12.3 Å². The molecule has 0 aromatic heterocycles. The fourth-order valence-corrected chi connectivity index (χ4v) is 0.447. The minimum absolute atomic E-state index is 0.185. The Morgan fingerprint density at radius 3 is 2.57 bits per heavy atom. The topological polar surface area (TPSA) is 20.2 Å². The normalized spacial score (nSPS) is 12.7. The van der Waals surface area contributed by atoms with E-state index in [2.05, 4.69) is 28.5 Å². The molecule has 0 rings (SSSR count). The Bertz CT molecular complexity index is 74.6. The SMILES string of the molecule is C#CCC(I)CO. The van der Waals surface area contributed by atoms with Crippen LogP contribution in [0, 0.1) is 12.3 Å². The highest BCUT2D eigenvalue weighted by atomic mass is 127. The van der Waals surface area contributed by atoms with E-state index in [1.165, 1.54) is 0 Å². The molecule has 0 heterocycles. The van der Waals surface area contributed by atoms with E-state index in [0.717, 1.165) is 0 Å². The molecule has 0 saturated carbocycles. The number of hydrogen-bond donors (Lipinski definition) is 1. The van der Waals surface area contributed by atoms with E-state index in [4.69, 9.17) is 11.5 Å². The van der Waals surface area contributed by atoms with Crippen LogP contribution in [0.2, 0.25) is 0 Å². The predicted molar refractivity (Wildman–Crippen MR) is 38.3 cm³/mol. The van der Waals surface area contributed by atoms with Gasteiger partial charge in [0.25, 0.3) is 0 Å². The van der Waals surface area contributed by atoms with Gasteiger partial charge < -0.3 is 5.11 Å². The van der Waals surface area contributed by atoms with Crippen LogP contribution < -0.4 is 0 Å². The van der Waals surface area contributed by atoms with Crippen molar-refractivity contribution in [1.29, 1.82) is 0 Å². The molecule has 0 spiro atoms. The maximum Gasteiger partial charge on any atom is 0.0558 e. The predicted octanol–water partition coefficient (Wildman–Crippen LogP) is 0.806. The summed E-state index contributed by atoms with van der Waals surface area (Å²) in [7, 11) is 0. The summed E-state index contributed by atoms with van der Waals surface area (Å²) >= 11 is 2.11. The van der Waals surface area contributed by atoms with E-state index in [0.29, 0.717) is 6.42 Å². The monoisotopic (exact) mass is 210 g/mol. The molecule has 40 valence electrons. The minimum atomic E-state index is 0.185. The summed E-state index contributed by atoms with van der Waals surface area (Å²) in [5, 5.41) is 8.36. The first-order valence-electron chi connectivity index (χ1n) is 1.99. The van der Waals surface area contributed by atoms with Gasteiger partial charge in [-0.05, 0) is 0 Å². The Balaban J connectivity index is 3.03. The summed E-state index contributed by atoms with van der Waals surface area (Å²) in [5.41, 5.74) is 0. The zero-order chi connectivity index (χ0) is 5.70. The number of aliphatic hydroxyl groups excluding tert-OH is 1. The molecule has 0 aromatic rings. The van der Waals surface area contributed by atoms with E-state index in [-0.39, 0.29) is 10.5 Å². The van der Waals surface area contributed by atoms with Gasteiger partial charge in [-0.3, -0.25) is 0 Å². The van der Waals surface area contributed by atoms with Crippen LogP contribution in [-0.4, -0.2) is 15.6 Å². The number of hydrogen-bond acceptors (Lipinski definition) is 1. The first kappa shape index (κ1) is 7.25. The van der Waals surface area contributed by atoms with Crippen molar-refractivity contribution in [2.45, 2.75) is 10.3 Å². The fourth-order valence-electron chi connectivity index (χ4n) is 0.192. The summed E-state index contributed by atoms with van der Waals surface area (Å²) < 4.78 is 0.239. The molecular formula is C5H7IO. The molecule has 0 bridgehead atoms. The van der Waals surface area contributed by atoms with Crippen LogP contribution in [0.4, 0.5) is 0 Å². The van der Waals surface area contributed by atoms with Gasteiger partial charge >= 0.3 is 0 Å². The molecule has 0 aliphatic rings. The lowest BCUT2D eigenvalue weighted by Crippen LogP contribution is -2.00. The first-order valence-corrected chi connectivity index (χ1v) is 3.24. The van der Waals surface area contributed by atoms with Crippen LogP contribution in [0.1, 0.15) is 6.42 Å². The lowest BCUT2D eigenvalue weighted by molar-refractivity contribution is 0.300. The van der Waals surface area contributed by atoms with Crippen LogP contribution in [0.5, 0.6) is 0 Å². The molecule has 0 fully saturated rings. The Kier molecular flexibility index (Phi) is 4.57. The van der Waals surface area contributed by atoms with Gasteiger partial charge in [-0.2, -0.15) is 0 Å². The molecule has 0 radical (unpaired) electrons. The van der Waals surface area contributed by atoms with Crippen molar-refractivity contribution in [2.24, 2.45) is 0 Å². The molecule has 7 heavy (non-hydrogen) atoms.